The highest BCUT2D eigenvalue weighted by molar-refractivity contribution is 14.0. The zero-order valence-corrected chi connectivity index (χ0v) is 16.3. The van der Waals surface area contributed by atoms with Crippen molar-refractivity contribution in [1.29, 1.82) is 0 Å². The summed E-state index contributed by atoms with van der Waals surface area (Å²) in [4.78, 5) is 16.0. The van der Waals surface area contributed by atoms with Crippen LogP contribution in [0, 0.1) is 5.82 Å². The molecular weight excluding hydrogens is 434 g/mol. The fourth-order valence-electron chi connectivity index (χ4n) is 2.06. The Labute approximate surface area is 164 Å². The van der Waals surface area contributed by atoms with Crippen LogP contribution in [-0.4, -0.2) is 32.0 Å². The maximum Gasteiger partial charge on any atom is 0.251 e. The Morgan fingerprint density at radius 3 is 2.24 bits per heavy atom. The van der Waals surface area contributed by atoms with E-state index in [1.165, 1.54) is 12.1 Å². The highest BCUT2D eigenvalue weighted by Crippen LogP contribution is 2.01. The van der Waals surface area contributed by atoms with Gasteiger partial charge in [-0.15, -0.1) is 24.0 Å². The Bertz CT molecular complexity index is 677. The fourth-order valence-corrected chi connectivity index (χ4v) is 2.06. The molecule has 0 unspecified atom stereocenters. The summed E-state index contributed by atoms with van der Waals surface area (Å²) in [5.41, 5.74) is 1.59. The third-order valence-electron chi connectivity index (χ3n) is 3.34. The summed E-state index contributed by atoms with van der Waals surface area (Å²) in [7, 11) is 1.67. The van der Waals surface area contributed by atoms with Crippen molar-refractivity contribution in [1.82, 2.24) is 16.0 Å². The number of aliphatic imine (C=N–C) groups is 1. The van der Waals surface area contributed by atoms with Gasteiger partial charge in [0.05, 0.1) is 0 Å². The van der Waals surface area contributed by atoms with Crippen LogP contribution < -0.4 is 16.0 Å². The van der Waals surface area contributed by atoms with Gasteiger partial charge < -0.3 is 16.0 Å². The number of benzene rings is 2. The van der Waals surface area contributed by atoms with Crippen LogP contribution >= 0.6 is 24.0 Å². The van der Waals surface area contributed by atoms with Gasteiger partial charge >= 0.3 is 0 Å². The van der Waals surface area contributed by atoms with Crippen molar-refractivity contribution < 1.29 is 9.18 Å². The van der Waals surface area contributed by atoms with Crippen molar-refractivity contribution in [3.8, 4) is 0 Å². The maximum atomic E-state index is 12.9. The number of amides is 1. The maximum absolute atomic E-state index is 12.9. The summed E-state index contributed by atoms with van der Waals surface area (Å²) in [6, 6.07) is 15.3. The van der Waals surface area contributed by atoms with Crippen molar-refractivity contribution in [2.24, 2.45) is 4.99 Å². The lowest BCUT2D eigenvalue weighted by Crippen LogP contribution is -2.41. The van der Waals surface area contributed by atoms with Crippen molar-refractivity contribution in [3.63, 3.8) is 0 Å². The average molecular weight is 456 g/mol. The Morgan fingerprint density at radius 2 is 1.60 bits per heavy atom. The molecule has 2 aromatic rings. The molecule has 3 N–H and O–H groups in total. The van der Waals surface area contributed by atoms with E-state index in [9.17, 15) is 9.18 Å². The van der Waals surface area contributed by atoms with Crippen molar-refractivity contribution >= 4 is 35.8 Å². The molecule has 0 radical (unpaired) electrons. The molecule has 0 aliphatic carbocycles. The van der Waals surface area contributed by atoms with Crippen molar-refractivity contribution in [2.45, 2.75) is 6.54 Å². The molecule has 0 bridgehead atoms. The van der Waals surface area contributed by atoms with E-state index < -0.39 is 0 Å². The van der Waals surface area contributed by atoms with Crippen LogP contribution in [0.5, 0.6) is 0 Å². The summed E-state index contributed by atoms with van der Waals surface area (Å²) >= 11 is 0. The molecular formula is C18H22FIN4O. The molecule has 5 nitrogen and oxygen atoms in total. The lowest BCUT2D eigenvalue weighted by atomic mass is 10.2. The zero-order valence-electron chi connectivity index (χ0n) is 14.0. The predicted octanol–water partition coefficient (Wildman–Crippen LogP) is 2.54. The number of nitrogens with one attached hydrogen (secondary N) is 3. The smallest absolute Gasteiger partial charge is 0.251 e. The second kappa shape index (κ2) is 11.4. The van der Waals surface area contributed by atoms with E-state index in [0.29, 0.717) is 31.2 Å². The standard InChI is InChI=1S/C18H21FN4O.HI/c1-20-18(23-13-14-7-9-16(19)10-8-14)22-12-11-21-17(24)15-5-3-2-4-6-15;/h2-10H,11-13H2,1H3,(H,21,24)(H2,20,22,23);1H. The number of rotatable bonds is 6. The molecule has 0 atom stereocenters. The average Bonchev–Trinajstić information content (AvgIpc) is 2.63. The highest BCUT2D eigenvalue weighted by atomic mass is 127. The van der Waals surface area contributed by atoms with Crippen LogP contribution in [0.2, 0.25) is 0 Å². The van der Waals surface area contributed by atoms with Gasteiger partial charge in [0.2, 0.25) is 0 Å². The number of nitrogens with zero attached hydrogens (tertiary/aromatic N) is 1. The van der Waals surface area contributed by atoms with Gasteiger partial charge in [0, 0.05) is 32.2 Å². The third-order valence-corrected chi connectivity index (χ3v) is 3.34. The molecule has 0 fully saturated rings. The molecule has 0 aliphatic heterocycles. The number of halogens is 2. The summed E-state index contributed by atoms with van der Waals surface area (Å²) in [5.74, 6) is 0.260. The normalized spacial score (nSPS) is 10.6. The van der Waals surface area contributed by atoms with Gasteiger partial charge in [-0.1, -0.05) is 30.3 Å². The van der Waals surface area contributed by atoms with Crippen LogP contribution in [-0.2, 0) is 6.54 Å². The van der Waals surface area contributed by atoms with Gasteiger partial charge in [-0.25, -0.2) is 4.39 Å². The number of hydrogen-bond acceptors (Lipinski definition) is 2. The number of hydrogen-bond donors (Lipinski definition) is 3. The first-order valence-electron chi connectivity index (χ1n) is 7.71. The quantitative estimate of drug-likeness (QED) is 0.271. The van der Waals surface area contributed by atoms with Crippen LogP contribution in [0.15, 0.2) is 59.6 Å². The SMILES string of the molecule is CN=C(NCCNC(=O)c1ccccc1)NCc1ccc(F)cc1.I. The Kier molecular flexibility index (Phi) is 9.53. The van der Waals surface area contributed by atoms with E-state index in [1.807, 2.05) is 18.2 Å². The third kappa shape index (κ3) is 7.51. The fraction of sp³-hybridized carbons (Fsp3) is 0.222. The van der Waals surface area contributed by atoms with Crippen LogP contribution in [0.1, 0.15) is 15.9 Å². The topological polar surface area (TPSA) is 65.5 Å². The molecule has 0 saturated heterocycles. The minimum absolute atomic E-state index is 0. The van der Waals surface area contributed by atoms with Gasteiger partial charge in [-0.2, -0.15) is 0 Å². The summed E-state index contributed by atoms with van der Waals surface area (Å²) in [5, 5.41) is 9.07. The van der Waals surface area contributed by atoms with Crippen LogP contribution in [0.3, 0.4) is 0 Å². The van der Waals surface area contributed by atoms with Gasteiger partial charge in [0.25, 0.3) is 5.91 Å². The zero-order chi connectivity index (χ0) is 17.2. The van der Waals surface area contributed by atoms with Gasteiger partial charge in [0.1, 0.15) is 5.82 Å². The summed E-state index contributed by atoms with van der Waals surface area (Å²) in [6.07, 6.45) is 0. The molecule has 0 spiro atoms. The van der Waals surface area contributed by atoms with Crippen LogP contribution in [0.25, 0.3) is 0 Å². The molecule has 25 heavy (non-hydrogen) atoms. The van der Waals surface area contributed by atoms with E-state index in [-0.39, 0.29) is 35.7 Å². The second-order valence-corrected chi connectivity index (χ2v) is 5.10. The van der Waals surface area contributed by atoms with E-state index in [1.54, 1.807) is 31.3 Å². The Morgan fingerprint density at radius 1 is 0.960 bits per heavy atom. The largest absolute Gasteiger partial charge is 0.355 e. The van der Waals surface area contributed by atoms with E-state index in [4.69, 9.17) is 0 Å². The first kappa shape index (κ1) is 20.9. The Balaban J connectivity index is 0.00000312. The second-order valence-electron chi connectivity index (χ2n) is 5.10. The van der Waals surface area contributed by atoms with Gasteiger partial charge in [-0.3, -0.25) is 9.79 Å². The van der Waals surface area contributed by atoms with Gasteiger partial charge in [0.15, 0.2) is 5.96 Å². The molecule has 0 heterocycles. The minimum Gasteiger partial charge on any atom is -0.355 e. The van der Waals surface area contributed by atoms with Crippen molar-refractivity contribution in [2.75, 3.05) is 20.1 Å². The molecule has 2 rings (SSSR count). The van der Waals surface area contributed by atoms with E-state index >= 15 is 0 Å². The minimum atomic E-state index is -0.254. The molecule has 134 valence electrons. The first-order valence-corrected chi connectivity index (χ1v) is 7.71. The number of guanidine groups is 1. The lowest BCUT2D eigenvalue weighted by molar-refractivity contribution is 0.0954. The number of carbonyl (C=O) groups excluding carboxylic acids is 1. The van der Waals surface area contributed by atoms with E-state index in [0.717, 1.165) is 5.56 Å². The van der Waals surface area contributed by atoms with Crippen molar-refractivity contribution in [3.05, 3.63) is 71.5 Å². The Hall–Kier alpha value is -2.16. The lowest BCUT2D eigenvalue weighted by Gasteiger charge is -2.12. The van der Waals surface area contributed by atoms with Crippen LogP contribution in [0.4, 0.5) is 4.39 Å². The monoisotopic (exact) mass is 456 g/mol. The summed E-state index contributed by atoms with van der Waals surface area (Å²) in [6.45, 7) is 1.56. The molecule has 7 heteroatoms. The highest BCUT2D eigenvalue weighted by Gasteiger charge is 2.03. The van der Waals surface area contributed by atoms with E-state index in [2.05, 4.69) is 20.9 Å². The van der Waals surface area contributed by atoms with Gasteiger partial charge in [-0.05, 0) is 29.8 Å². The number of carbonyl (C=O) groups is 1. The summed E-state index contributed by atoms with van der Waals surface area (Å²) < 4.78 is 12.9. The molecule has 1 amide bonds. The first-order chi connectivity index (χ1) is 11.7. The predicted molar refractivity (Wildman–Crippen MR) is 109 cm³/mol. The molecule has 2 aromatic carbocycles. The molecule has 0 aliphatic rings. The molecule has 0 aromatic heterocycles. The molecule has 0 saturated carbocycles.